The number of carbonyl (C=O) groups excluding carboxylic acids is 2. The van der Waals surface area contributed by atoms with Crippen molar-refractivity contribution in [3.05, 3.63) is 53.2 Å². The van der Waals surface area contributed by atoms with E-state index in [1.54, 1.807) is 6.07 Å². The van der Waals surface area contributed by atoms with E-state index < -0.39 is 18.0 Å². The molecule has 0 spiro atoms. The Bertz CT molecular complexity index is 671. The third-order valence-electron chi connectivity index (χ3n) is 2.73. The molecule has 1 atom stereocenters. The molecule has 0 bridgehead atoms. The smallest absolute Gasteiger partial charge is 0.338 e. The minimum Gasteiger partial charge on any atom is -0.508 e. The van der Waals surface area contributed by atoms with Crippen molar-refractivity contribution in [2.75, 3.05) is 5.32 Å². The number of nitrogens with one attached hydrogen (secondary N) is 1. The Morgan fingerprint density at radius 3 is 2.50 bits per heavy atom. The van der Waals surface area contributed by atoms with E-state index in [2.05, 4.69) is 10.3 Å². The van der Waals surface area contributed by atoms with Crippen LogP contribution in [-0.4, -0.2) is 28.1 Å². The Balaban J connectivity index is 1.94. The monoisotopic (exact) mass is 320 g/mol. The minimum atomic E-state index is -1.00. The zero-order valence-electron chi connectivity index (χ0n) is 11.6. The summed E-state index contributed by atoms with van der Waals surface area (Å²) in [6.07, 6.45) is 0.392. The first-order chi connectivity index (χ1) is 10.5. The van der Waals surface area contributed by atoms with E-state index in [4.69, 9.17) is 21.4 Å². The van der Waals surface area contributed by atoms with E-state index in [-0.39, 0.29) is 11.3 Å². The number of anilines is 1. The zero-order chi connectivity index (χ0) is 16.1. The van der Waals surface area contributed by atoms with Crippen LogP contribution in [0.3, 0.4) is 0 Å². The molecule has 2 rings (SSSR count). The maximum atomic E-state index is 11.9. The van der Waals surface area contributed by atoms with E-state index in [0.29, 0.717) is 10.8 Å². The lowest BCUT2D eigenvalue weighted by molar-refractivity contribution is -0.123. The number of phenolic OH excluding ortho intramolecular Hbond substituents is 1. The van der Waals surface area contributed by atoms with Crippen molar-refractivity contribution in [1.29, 1.82) is 0 Å². The van der Waals surface area contributed by atoms with E-state index >= 15 is 0 Å². The van der Waals surface area contributed by atoms with Crippen molar-refractivity contribution in [3.63, 3.8) is 0 Å². The van der Waals surface area contributed by atoms with Crippen molar-refractivity contribution < 1.29 is 19.4 Å². The van der Waals surface area contributed by atoms with Crippen LogP contribution >= 0.6 is 11.6 Å². The molecular formula is C15H13ClN2O4. The van der Waals surface area contributed by atoms with Gasteiger partial charge in [-0.15, -0.1) is 0 Å². The summed E-state index contributed by atoms with van der Waals surface area (Å²) in [4.78, 5) is 27.7. The number of hydrogen-bond donors (Lipinski definition) is 2. The van der Waals surface area contributed by atoms with Crippen LogP contribution in [0, 0.1) is 0 Å². The Labute approximate surface area is 131 Å². The number of aromatic nitrogens is 1. The highest BCUT2D eigenvalue weighted by molar-refractivity contribution is 6.30. The molecule has 114 valence electrons. The highest BCUT2D eigenvalue weighted by Crippen LogP contribution is 2.13. The highest BCUT2D eigenvalue weighted by Gasteiger charge is 2.19. The van der Waals surface area contributed by atoms with Crippen LogP contribution in [0.15, 0.2) is 42.6 Å². The predicted molar refractivity (Wildman–Crippen MR) is 80.9 cm³/mol. The lowest BCUT2D eigenvalue weighted by Crippen LogP contribution is -2.30. The molecule has 1 aromatic heterocycles. The number of esters is 1. The van der Waals surface area contributed by atoms with Gasteiger partial charge in [0, 0.05) is 6.20 Å². The summed E-state index contributed by atoms with van der Waals surface area (Å²) in [5.74, 6) is -0.827. The zero-order valence-corrected chi connectivity index (χ0v) is 12.4. The molecule has 7 heteroatoms. The predicted octanol–water partition coefficient (Wildman–Crippen LogP) is 2.62. The maximum Gasteiger partial charge on any atom is 0.338 e. The summed E-state index contributed by atoms with van der Waals surface area (Å²) in [7, 11) is 0. The Morgan fingerprint density at radius 2 is 1.91 bits per heavy atom. The topological polar surface area (TPSA) is 88.5 Å². The Kier molecular flexibility index (Phi) is 4.95. The molecule has 0 aliphatic heterocycles. The summed E-state index contributed by atoms with van der Waals surface area (Å²) >= 11 is 5.70. The van der Waals surface area contributed by atoms with Crippen molar-refractivity contribution >= 4 is 29.3 Å². The summed E-state index contributed by atoms with van der Waals surface area (Å²) in [6, 6.07) is 8.65. The molecule has 1 heterocycles. The lowest BCUT2D eigenvalue weighted by atomic mass is 10.2. The van der Waals surface area contributed by atoms with Crippen molar-refractivity contribution in [3.8, 4) is 5.75 Å². The van der Waals surface area contributed by atoms with Crippen LogP contribution in [0.2, 0.25) is 5.02 Å². The van der Waals surface area contributed by atoms with E-state index in [1.165, 1.54) is 43.5 Å². The average molecular weight is 321 g/mol. The molecule has 2 N–H and O–H groups in total. The molecule has 6 nitrogen and oxygen atoms in total. The Morgan fingerprint density at radius 1 is 1.23 bits per heavy atom. The average Bonchev–Trinajstić information content (AvgIpc) is 2.50. The fourth-order valence-corrected chi connectivity index (χ4v) is 1.67. The molecule has 0 radical (unpaired) electrons. The summed E-state index contributed by atoms with van der Waals surface area (Å²) < 4.78 is 5.05. The van der Waals surface area contributed by atoms with Gasteiger partial charge in [-0.1, -0.05) is 11.6 Å². The van der Waals surface area contributed by atoms with Gasteiger partial charge in [0.15, 0.2) is 6.10 Å². The molecule has 0 saturated heterocycles. The first kappa shape index (κ1) is 15.8. The van der Waals surface area contributed by atoms with Crippen LogP contribution in [0.4, 0.5) is 5.82 Å². The molecule has 0 aliphatic carbocycles. The van der Waals surface area contributed by atoms with Crippen LogP contribution in [-0.2, 0) is 9.53 Å². The number of halogens is 1. The van der Waals surface area contributed by atoms with Crippen molar-refractivity contribution in [2.24, 2.45) is 0 Å². The second kappa shape index (κ2) is 6.91. The molecule has 0 unspecified atom stereocenters. The van der Waals surface area contributed by atoms with Gasteiger partial charge in [0.1, 0.15) is 11.6 Å². The van der Waals surface area contributed by atoms with E-state index in [1.807, 2.05) is 0 Å². The third kappa shape index (κ3) is 4.20. The fraction of sp³-hybridized carbons (Fsp3) is 0.133. The number of hydrogen-bond acceptors (Lipinski definition) is 5. The number of amides is 1. The Hall–Kier alpha value is -2.60. The van der Waals surface area contributed by atoms with Gasteiger partial charge in [0.05, 0.1) is 10.6 Å². The van der Waals surface area contributed by atoms with Crippen molar-refractivity contribution in [2.45, 2.75) is 13.0 Å². The molecule has 0 saturated carbocycles. The first-order valence-electron chi connectivity index (χ1n) is 6.38. The van der Waals surface area contributed by atoms with Crippen LogP contribution < -0.4 is 5.32 Å². The number of aromatic hydroxyl groups is 1. The number of phenols is 1. The molecular weight excluding hydrogens is 308 g/mol. The van der Waals surface area contributed by atoms with Crippen LogP contribution in [0.25, 0.3) is 0 Å². The van der Waals surface area contributed by atoms with E-state index in [9.17, 15) is 9.59 Å². The molecule has 1 aromatic carbocycles. The number of carbonyl (C=O) groups is 2. The minimum absolute atomic E-state index is 0.0381. The molecule has 0 fully saturated rings. The van der Waals surface area contributed by atoms with E-state index in [0.717, 1.165) is 0 Å². The number of nitrogens with zero attached hydrogens (tertiary/aromatic N) is 1. The van der Waals surface area contributed by atoms with Gasteiger partial charge in [0.2, 0.25) is 0 Å². The highest BCUT2D eigenvalue weighted by atomic mass is 35.5. The SMILES string of the molecule is C[C@H](OC(=O)c1ccc(O)cc1)C(=O)Nc1ccc(Cl)cn1. The fourth-order valence-electron chi connectivity index (χ4n) is 1.56. The largest absolute Gasteiger partial charge is 0.508 e. The summed E-state index contributed by atoms with van der Waals surface area (Å²) in [5, 5.41) is 12.1. The molecule has 0 aliphatic rings. The maximum absolute atomic E-state index is 11.9. The second-order valence-electron chi connectivity index (χ2n) is 4.45. The standard InChI is InChI=1S/C15H13ClN2O4/c1-9(14(20)18-13-7-4-11(16)8-17-13)22-15(21)10-2-5-12(19)6-3-10/h2-9,19H,1H3,(H,17,18,20)/t9-/m0/s1. The first-order valence-corrected chi connectivity index (χ1v) is 6.76. The third-order valence-corrected chi connectivity index (χ3v) is 2.96. The number of pyridine rings is 1. The normalized spacial score (nSPS) is 11.5. The van der Waals surface area contributed by atoms with Gasteiger partial charge in [-0.3, -0.25) is 4.79 Å². The van der Waals surface area contributed by atoms with Gasteiger partial charge in [-0.05, 0) is 43.3 Å². The van der Waals surface area contributed by atoms with Gasteiger partial charge >= 0.3 is 5.97 Å². The van der Waals surface area contributed by atoms with Crippen LogP contribution in [0.1, 0.15) is 17.3 Å². The number of ether oxygens (including phenoxy) is 1. The molecule has 2 aromatic rings. The quantitative estimate of drug-likeness (QED) is 0.845. The molecule has 22 heavy (non-hydrogen) atoms. The van der Waals surface area contributed by atoms with Gasteiger partial charge in [-0.25, -0.2) is 9.78 Å². The van der Waals surface area contributed by atoms with Crippen LogP contribution in [0.5, 0.6) is 5.75 Å². The van der Waals surface area contributed by atoms with Crippen molar-refractivity contribution in [1.82, 2.24) is 4.98 Å². The molecule has 1 amide bonds. The summed E-state index contributed by atoms with van der Waals surface area (Å²) in [6.45, 7) is 1.45. The van der Waals surface area contributed by atoms with Gasteiger partial charge in [0.25, 0.3) is 5.91 Å². The second-order valence-corrected chi connectivity index (χ2v) is 4.88. The number of rotatable bonds is 4. The lowest BCUT2D eigenvalue weighted by Gasteiger charge is -2.13. The van der Waals surface area contributed by atoms with Gasteiger partial charge < -0.3 is 15.2 Å². The number of benzene rings is 1. The van der Waals surface area contributed by atoms with Gasteiger partial charge in [-0.2, -0.15) is 0 Å². The summed E-state index contributed by atoms with van der Waals surface area (Å²) in [5.41, 5.74) is 0.238.